The number of hydrogen-bond donors (Lipinski definition) is 1. The number of hydrogen-bond acceptors (Lipinski definition) is 1. The number of rotatable bonds is 3. The van der Waals surface area contributed by atoms with Crippen LogP contribution in [0.1, 0.15) is 28.2 Å². The van der Waals surface area contributed by atoms with Crippen LogP contribution in [-0.4, -0.2) is 5.91 Å². The first-order valence-corrected chi connectivity index (χ1v) is 6.69. The van der Waals surface area contributed by atoms with Crippen molar-refractivity contribution in [1.82, 2.24) is 0 Å². The maximum atomic E-state index is 12.1. The van der Waals surface area contributed by atoms with E-state index in [0.717, 1.165) is 11.3 Å². The summed E-state index contributed by atoms with van der Waals surface area (Å²) in [6.07, 6.45) is 0. The highest BCUT2D eigenvalue weighted by atomic mass is 35.5. The number of carbonyl (C=O) groups is 1. The predicted molar refractivity (Wildman–Crippen MR) is 80.1 cm³/mol. The zero-order valence-electron chi connectivity index (χ0n) is 10.4. The second kappa shape index (κ2) is 6.09. The fraction of sp³-hybridized carbons (Fsp3) is 0.133. The van der Waals surface area contributed by atoms with Gasteiger partial charge in [-0.15, -0.1) is 11.6 Å². The molecule has 0 saturated heterocycles. The summed E-state index contributed by atoms with van der Waals surface area (Å²) < 4.78 is 0. The van der Waals surface area contributed by atoms with E-state index in [2.05, 4.69) is 5.32 Å². The molecule has 19 heavy (non-hydrogen) atoms. The summed E-state index contributed by atoms with van der Waals surface area (Å²) >= 11 is 12.0. The molecule has 1 N–H and O–H groups in total. The van der Waals surface area contributed by atoms with E-state index >= 15 is 0 Å². The lowest BCUT2D eigenvalue weighted by Crippen LogP contribution is -2.13. The van der Waals surface area contributed by atoms with Crippen molar-refractivity contribution in [2.24, 2.45) is 0 Å². The number of benzene rings is 2. The molecule has 98 valence electrons. The van der Waals surface area contributed by atoms with Crippen LogP contribution >= 0.6 is 23.2 Å². The first-order chi connectivity index (χ1) is 9.08. The van der Waals surface area contributed by atoms with Gasteiger partial charge in [-0.05, 0) is 36.8 Å². The number of para-hydroxylation sites is 1. The Morgan fingerprint density at radius 2 is 1.89 bits per heavy atom. The number of anilines is 1. The standard InChI is InChI=1S/C15H13Cl2NO/c1-10(16)13-7-2-3-8-14(13)18-15(19)11-5-4-6-12(17)9-11/h2-10H,1H3,(H,18,19). The average Bonchev–Trinajstić information content (AvgIpc) is 2.39. The van der Waals surface area contributed by atoms with Crippen LogP contribution in [0.3, 0.4) is 0 Å². The Hall–Kier alpha value is -1.51. The lowest BCUT2D eigenvalue weighted by molar-refractivity contribution is 0.102. The topological polar surface area (TPSA) is 29.1 Å². The van der Waals surface area contributed by atoms with Crippen molar-refractivity contribution in [3.63, 3.8) is 0 Å². The zero-order valence-corrected chi connectivity index (χ0v) is 11.9. The smallest absolute Gasteiger partial charge is 0.255 e. The maximum absolute atomic E-state index is 12.1. The number of amides is 1. The summed E-state index contributed by atoms with van der Waals surface area (Å²) in [5.74, 6) is -0.202. The molecule has 1 unspecified atom stereocenters. The van der Waals surface area contributed by atoms with Gasteiger partial charge in [0.25, 0.3) is 5.91 Å². The van der Waals surface area contributed by atoms with E-state index in [-0.39, 0.29) is 11.3 Å². The lowest BCUT2D eigenvalue weighted by Gasteiger charge is -2.12. The Bertz CT molecular complexity index is 596. The molecule has 0 spiro atoms. The molecule has 0 aliphatic carbocycles. The van der Waals surface area contributed by atoms with Gasteiger partial charge in [0.1, 0.15) is 0 Å². The molecule has 2 aromatic rings. The van der Waals surface area contributed by atoms with Crippen molar-refractivity contribution < 1.29 is 4.79 Å². The Balaban J connectivity index is 2.24. The normalized spacial score (nSPS) is 11.9. The van der Waals surface area contributed by atoms with Gasteiger partial charge in [0.05, 0.1) is 5.38 Å². The summed E-state index contributed by atoms with van der Waals surface area (Å²) in [5, 5.41) is 3.22. The third-order valence-electron chi connectivity index (χ3n) is 2.72. The molecule has 0 bridgehead atoms. The molecular weight excluding hydrogens is 281 g/mol. The van der Waals surface area contributed by atoms with Gasteiger partial charge in [0.2, 0.25) is 0 Å². The SMILES string of the molecule is CC(Cl)c1ccccc1NC(=O)c1cccc(Cl)c1. The second-order valence-electron chi connectivity index (χ2n) is 4.17. The Kier molecular flexibility index (Phi) is 4.46. The minimum absolute atomic E-state index is 0.170. The van der Waals surface area contributed by atoms with Crippen LogP contribution in [-0.2, 0) is 0 Å². The van der Waals surface area contributed by atoms with Gasteiger partial charge in [-0.3, -0.25) is 4.79 Å². The minimum Gasteiger partial charge on any atom is -0.322 e. The molecule has 2 nitrogen and oxygen atoms in total. The average molecular weight is 294 g/mol. The lowest BCUT2D eigenvalue weighted by atomic mass is 10.1. The fourth-order valence-electron chi connectivity index (χ4n) is 1.78. The van der Waals surface area contributed by atoms with Crippen molar-refractivity contribution in [2.75, 3.05) is 5.32 Å². The van der Waals surface area contributed by atoms with E-state index in [0.29, 0.717) is 10.6 Å². The van der Waals surface area contributed by atoms with Crippen molar-refractivity contribution >= 4 is 34.8 Å². The second-order valence-corrected chi connectivity index (χ2v) is 5.26. The van der Waals surface area contributed by atoms with E-state index in [1.54, 1.807) is 24.3 Å². The van der Waals surface area contributed by atoms with Gasteiger partial charge in [0.15, 0.2) is 0 Å². The van der Waals surface area contributed by atoms with Crippen LogP contribution in [0.2, 0.25) is 5.02 Å². The minimum atomic E-state index is -0.202. The molecule has 0 radical (unpaired) electrons. The highest BCUT2D eigenvalue weighted by Crippen LogP contribution is 2.27. The van der Waals surface area contributed by atoms with Gasteiger partial charge in [-0.1, -0.05) is 35.9 Å². The molecule has 0 fully saturated rings. The molecule has 0 aliphatic heterocycles. The van der Waals surface area contributed by atoms with E-state index in [1.165, 1.54) is 0 Å². The molecule has 4 heteroatoms. The van der Waals surface area contributed by atoms with Crippen LogP contribution < -0.4 is 5.32 Å². The van der Waals surface area contributed by atoms with E-state index < -0.39 is 0 Å². The molecule has 1 atom stereocenters. The van der Waals surface area contributed by atoms with Crippen LogP contribution in [0.15, 0.2) is 48.5 Å². The van der Waals surface area contributed by atoms with Crippen molar-refractivity contribution in [1.29, 1.82) is 0 Å². The van der Waals surface area contributed by atoms with Crippen LogP contribution in [0, 0.1) is 0 Å². The fourth-order valence-corrected chi connectivity index (χ4v) is 2.16. The Morgan fingerprint density at radius 3 is 2.58 bits per heavy atom. The molecule has 0 heterocycles. The number of carbonyl (C=O) groups excluding carboxylic acids is 1. The summed E-state index contributed by atoms with van der Waals surface area (Å²) in [6, 6.07) is 14.3. The highest BCUT2D eigenvalue weighted by molar-refractivity contribution is 6.31. The molecule has 0 aromatic heterocycles. The Morgan fingerprint density at radius 1 is 1.16 bits per heavy atom. The van der Waals surface area contributed by atoms with Gasteiger partial charge in [-0.25, -0.2) is 0 Å². The van der Waals surface area contributed by atoms with Gasteiger partial charge in [-0.2, -0.15) is 0 Å². The highest BCUT2D eigenvalue weighted by Gasteiger charge is 2.11. The van der Waals surface area contributed by atoms with E-state index in [4.69, 9.17) is 23.2 Å². The van der Waals surface area contributed by atoms with Crippen LogP contribution in [0.4, 0.5) is 5.69 Å². The monoisotopic (exact) mass is 293 g/mol. The summed E-state index contributed by atoms with van der Waals surface area (Å²) in [5.41, 5.74) is 2.12. The first-order valence-electron chi connectivity index (χ1n) is 5.88. The number of nitrogens with one attached hydrogen (secondary N) is 1. The number of halogens is 2. The first kappa shape index (κ1) is 13.9. The van der Waals surface area contributed by atoms with Crippen molar-refractivity contribution in [3.8, 4) is 0 Å². The van der Waals surface area contributed by atoms with Crippen molar-refractivity contribution in [3.05, 3.63) is 64.7 Å². The van der Waals surface area contributed by atoms with Crippen molar-refractivity contribution in [2.45, 2.75) is 12.3 Å². The molecule has 0 aliphatic rings. The largest absolute Gasteiger partial charge is 0.322 e. The van der Waals surface area contributed by atoms with Crippen LogP contribution in [0.5, 0.6) is 0 Å². The van der Waals surface area contributed by atoms with E-state index in [1.807, 2.05) is 31.2 Å². The molecule has 1 amide bonds. The van der Waals surface area contributed by atoms with Gasteiger partial charge in [0, 0.05) is 16.3 Å². The number of alkyl halides is 1. The molecule has 0 saturated carbocycles. The summed E-state index contributed by atoms with van der Waals surface area (Å²) in [7, 11) is 0. The van der Waals surface area contributed by atoms with Gasteiger partial charge < -0.3 is 5.32 Å². The summed E-state index contributed by atoms with van der Waals surface area (Å²) in [4.78, 5) is 12.1. The quantitative estimate of drug-likeness (QED) is 0.802. The van der Waals surface area contributed by atoms with E-state index in [9.17, 15) is 4.79 Å². The third-order valence-corrected chi connectivity index (χ3v) is 3.19. The third kappa shape index (κ3) is 3.49. The van der Waals surface area contributed by atoms with Gasteiger partial charge >= 0.3 is 0 Å². The molecular formula is C15H13Cl2NO. The molecule has 2 rings (SSSR count). The predicted octanol–water partition coefficient (Wildman–Crippen LogP) is 4.89. The molecule has 2 aromatic carbocycles. The Labute approximate surface area is 122 Å². The van der Waals surface area contributed by atoms with Crippen LogP contribution in [0.25, 0.3) is 0 Å². The zero-order chi connectivity index (χ0) is 13.8. The summed E-state index contributed by atoms with van der Waals surface area (Å²) in [6.45, 7) is 1.87. The maximum Gasteiger partial charge on any atom is 0.255 e.